The van der Waals surface area contributed by atoms with E-state index in [0.29, 0.717) is 12.8 Å². The first-order valence-electron chi connectivity index (χ1n) is 4.71. The van der Waals surface area contributed by atoms with Gasteiger partial charge in [-0.25, -0.2) is 0 Å². The highest BCUT2D eigenvalue weighted by Crippen LogP contribution is 2.39. The fourth-order valence-corrected chi connectivity index (χ4v) is 1.32. The minimum atomic E-state index is -1.50. The van der Waals surface area contributed by atoms with Crippen LogP contribution in [0.15, 0.2) is 0 Å². The lowest BCUT2D eigenvalue weighted by molar-refractivity contribution is -0.127. The average molecular weight is 192 g/mol. The molecule has 0 aromatic rings. The van der Waals surface area contributed by atoms with E-state index in [2.05, 4.69) is 0 Å². The van der Waals surface area contributed by atoms with Gasteiger partial charge in [0.1, 0.15) is 0 Å². The third kappa shape index (κ3) is 1.93. The third-order valence-electron chi connectivity index (χ3n) is 2.36. The summed E-state index contributed by atoms with van der Waals surface area (Å²) in [5.41, 5.74) is -2.13. The van der Waals surface area contributed by atoms with E-state index < -0.39 is 10.8 Å². The summed E-state index contributed by atoms with van der Waals surface area (Å²) in [5, 5.41) is 18.0. The molecule has 3 heteroatoms. The molecule has 0 aliphatic rings. The maximum absolute atomic E-state index is 11.7. The second kappa shape index (κ2) is 4.24. The summed E-state index contributed by atoms with van der Waals surface area (Å²) in [5.74, 6) is -0.266. The molecule has 0 aromatic heterocycles. The van der Waals surface area contributed by atoms with Gasteiger partial charge in [-0.05, 0) is 6.42 Å². The van der Waals surface area contributed by atoms with Gasteiger partial charge in [0.2, 0.25) is 5.41 Å². The van der Waals surface area contributed by atoms with Gasteiger partial charge < -0.3 is 0 Å². The fraction of sp³-hybridized carbons (Fsp3) is 0.727. The Bertz CT molecular complexity index is 285. The summed E-state index contributed by atoms with van der Waals surface area (Å²) in [6.07, 6.45) is 0.957. The molecule has 0 N–H and O–H groups in total. The molecule has 0 saturated carbocycles. The number of rotatable bonds is 3. The first-order valence-corrected chi connectivity index (χ1v) is 4.71. The molecule has 0 spiro atoms. The number of ketones is 1. The third-order valence-corrected chi connectivity index (χ3v) is 2.36. The van der Waals surface area contributed by atoms with Crippen LogP contribution in [-0.4, -0.2) is 5.78 Å². The highest BCUT2D eigenvalue weighted by Gasteiger charge is 2.48. The second-order valence-corrected chi connectivity index (χ2v) is 4.40. The molecule has 0 aliphatic heterocycles. The number of Topliss-reactive ketones (excluding diaryl/α,β-unsaturated/α-hetero) is 1. The lowest BCUT2D eigenvalue weighted by atomic mass is 9.65. The van der Waals surface area contributed by atoms with Gasteiger partial charge in [0, 0.05) is 11.8 Å². The van der Waals surface area contributed by atoms with E-state index in [1.54, 1.807) is 20.8 Å². The van der Waals surface area contributed by atoms with Crippen molar-refractivity contribution < 1.29 is 4.79 Å². The quantitative estimate of drug-likeness (QED) is 0.689. The summed E-state index contributed by atoms with van der Waals surface area (Å²) in [7, 11) is 0. The van der Waals surface area contributed by atoms with Crippen molar-refractivity contribution in [1.29, 1.82) is 10.5 Å². The van der Waals surface area contributed by atoms with Crippen molar-refractivity contribution in [2.24, 2.45) is 10.8 Å². The molecule has 76 valence electrons. The van der Waals surface area contributed by atoms with Gasteiger partial charge in [0.15, 0.2) is 5.78 Å². The minimum Gasteiger partial charge on any atom is -0.297 e. The molecule has 0 saturated heterocycles. The van der Waals surface area contributed by atoms with E-state index in [-0.39, 0.29) is 5.78 Å². The van der Waals surface area contributed by atoms with Gasteiger partial charge in [0.05, 0.1) is 12.1 Å². The van der Waals surface area contributed by atoms with E-state index in [1.165, 1.54) is 0 Å². The van der Waals surface area contributed by atoms with Gasteiger partial charge >= 0.3 is 0 Å². The summed E-state index contributed by atoms with van der Waals surface area (Å²) in [6, 6.07) is 3.76. The largest absolute Gasteiger partial charge is 0.297 e. The van der Waals surface area contributed by atoms with Crippen molar-refractivity contribution >= 4 is 5.78 Å². The Balaban J connectivity index is 5.26. The summed E-state index contributed by atoms with van der Waals surface area (Å²) < 4.78 is 0. The monoisotopic (exact) mass is 192 g/mol. The molecule has 0 rings (SSSR count). The zero-order valence-corrected chi connectivity index (χ0v) is 9.22. The van der Waals surface area contributed by atoms with Crippen LogP contribution in [-0.2, 0) is 4.79 Å². The normalized spacial score (nSPS) is 11.6. The summed E-state index contributed by atoms with van der Waals surface area (Å²) in [6.45, 7) is 7.09. The summed E-state index contributed by atoms with van der Waals surface area (Å²) >= 11 is 0. The molecule has 0 bridgehead atoms. The van der Waals surface area contributed by atoms with Crippen LogP contribution in [0.1, 0.15) is 40.5 Å². The van der Waals surface area contributed by atoms with Crippen molar-refractivity contribution in [1.82, 2.24) is 0 Å². The highest BCUT2D eigenvalue weighted by molar-refractivity contribution is 5.91. The predicted octanol–water partition coefficient (Wildman–Crippen LogP) is 2.44. The average Bonchev–Trinajstić information content (AvgIpc) is 2.05. The van der Waals surface area contributed by atoms with Crippen LogP contribution in [0.4, 0.5) is 0 Å². The molecule has 0 radical (unpaired) electrons. The van der Waals surface area contributed by atoms with Crippen LogP contribution >= 0.6 is 0 Å². The van der Waals surface area contributed by atoms with Crippen LogP contribution in [0.5, 0.6) is 0 Å². The van der Waals surface area contributed by atoms with Gasteiger partial charge in [-0.3, -0.25) is 4.79 Å². The number of nitrogens with zero attached hydrogens (tertiary/aromatic N) is 2. The zero-order valence-electron chi connectivity index (χ0n) is 9.22. The van der Waals surface area contributed by atoms with E-state index in [9.17, 15) is 4.79 Å². The Morgan fingerprint density at radius 1 is 1.21 bits per heavy atom. The van der Waals surface area contributed by atoms with Crippen LogP contribution in [0, 0.1) is 33.5 Å². The van der Waals surface area contributed by atoms with Crippen molar-refractivity contribution in [3.63, 3.8) is 0 Å². The predicted molar refractivity (Wildman–Crippen MR) is 53.0 cm³/mol. The van der Waals surface area contributed by atoms with Crippen LogP contribution in [0.2, 0.25) is 0 Å². The lowest BCUT2D eigenvalue weighted by Crippen LogP contribution is -2.40. The Hall–Kier alpha value is -1.35. The van der Waals surface area contributed by atoms with Crippen LogP contribution in [0.25, 0.3) is 0 Å². The Kier molecular flexibility index (Phi) is 3.83. The van der Waals surface area contributed by atoms with Gasteiger partial charge in [-0.2, -0.15) is 10.5 Å². The maximum Gasteiger partial charge on any atom is 0.206 e. The van der Waals surface area contributed by atoms with Gasteiger partial charge in [-0.1, -0.05) is 27.7 Å². The summed E-state index contributed by atoms with van der Waals surface area (Å²) in [4.78, 5) is 11.7. The highest BCUT2D eigenvalue weighted by atomic mass is 16.1. The molecular formula is C11H16N2O. The Labute approximate surface area is 85.3 Å². The van der Waals surface area contributed by atoms with Gasteiger partial charge in [-0.15, -0.1) is 0 Å². The Morgan fingerprint density at radius 2 is 1.64 bits per heavy atom. The molecule has 0 fully saturated rings. The van der Waals surface area contributed by atoms with E-state index in [0.717, 1.165) is 0 Å². The van der Waals surface area contributed by atoms with E-state index >= 15 is 0 Å². The smallest absolute Gasteiger partial charge is 0.206 e. The molecular weight excluding hydrogens is 176 g/mol. The molecule has 0 atom stereocenters. The van der Waals surface area contributed by atoms with Crippen molar-refractivity contribution in [2.45, 2.75) is 40.5 Å². The standard InChI is InChI=1S/C11H16N2O/c1-5-6-9(14)11(7-12,8-13)10(2,3)4/h5-6H2,1-4H3. The molecule has 14 heavy (non-hydrogen) atoms. The zero-order chi connectivity index (χ0) is 11.4. The first kappa shape index (κ1) is 12.7. The molecule has 0 unspecified atom stereocenters. The number of carbonyl (C=O) groups excluding carboxylic acids is 1. The van der Waals surface area contributed by atoms with Gasteiger partial charge in [0.25, 0.3) is 0 Å². The minimum absolute atomic E-state index is 0.266. The SMILES string of the molecule is CCCC(=O)C(C#N)(C#N)C(C)(C)C. The first-order chi connectivity index (χ1) is 6.35. The Morgan fingerprint density at radius 3 is 1.86 bits per heavy atom. The molecule has 0 aromatic carbocycles. The number of hydrogen-bond donors (Lipinski definition) is 0. The molecule has 0 heterocycles. The molecule has 0 amide bonds. The van der Waals surface area contributed by atoms with Crippen molar-refractivity contribution in [3.8, 4) is 12.1 Å². The van der Waals surface area contributed by atoms with Crippen molar-refractivity contribution in [2.75, 3.05) is 0 Å². The van der Waals surface area contributed by atoms with Crippen molar-refractivity contribution in [3.05, 3.63) is 0 Å². The topological polar surface area (TPSA) is 64.7 Å². The number of hydrogen-bond acceptors (Lipinski definition) is 3. The lowest BCUT2D eigenvalue weighted by Gasteiger charge is -2.31. The number of nitriles is 2. The number of carbonyl (C=O) groups is 1. The molecule has 3 nitrogen and oxygen atoms in total. The second-order valence-electron chi connectivity index (χ2n) is 4.40. The van der Waals surface area contributed by atoms with E-state index in [1.807, 2.05) is 19.1 Å². The van der Waals surface area contributed by atoms with E-state index in [4.69, 9.17) is 10.5 Å². The molecule has 0 aliphatic carbocycles. The van der Waals surface area contributed by atoms with Crippen LogP contribution in [0.3, 0.4) is 0 Å². The van der Waals surface area contributed by atoms with Crippen LogP contribution < -0.4 is 0 Å². The fourth-order valence-electron chi connectivity index (χ4n) is 1.32. The maximum atomic E-state index is 11.7.